The van der Waals surface area contributed by atoms with Crippen LogP contribution in [0.2, 0.25) is 0 Å². The zero-order chi connectivity index (χ0) is 18.0. The van der Waals surface area contributed by atoms with E-state index < -0.39 is 0 Å². The minimum Gasteiger partial charge on any atom is -0.353 e. The summed E-state index contributed by atoms with van der Waals surface area (Å²) in [5, 5.41) is 2.97. The summed E-state index contributed by atoms with van der Waals surface area (Å²) in [6.45, 7) is 8.13. The van der Waals surface area contributed by atoms with Gasteiger partial charge in [0.15, 0.2) is 0 Å². The van der Waals surface area contributed by atoms with Crippen LogP contribution in [0.5, 0.6) is 0 Å². The number of hydrogen-bond acceptors (Lipinski definition) is 4. The van der Waals surface area contributed by atoms with E-state index in [-0.39, 0.29) is 12.1 Å². The zero-order valence-corrected chi connectivity index (χ0v) is 16.2. The van der Waals surface area contributed by atoms with Crippen LogP contribution in [-0.4, -0.2) is 46.6 Å². The van der Waals surface area contributed by atoms with Crippen molar-refractivity contribution in [3.05, 3.63) is 46.3 Å². The molecule has 2 aromatic rings. The standard InChI is InChI=1S/C18H22BrN5O/c1-12-5-4-6-17(20-12)23-9-10-24(13(2)11-23)18(25)22-15-7-8-16(19)21-14(15)3/h4-8,13H,9-11H2,1-3H3,(H,22,25). The molecule has 0 aromatic carbocycles. The highest BCUT2D eigenvalue weighted by molar-refractivity contribution is 9.10. The molecule has 6 nitrogen and oxygen atoms in total. The Balaban J connectivity index is 1.65. The molecule has 0 bridgehead atoms. The minimum atomic E-state index is -0.0865. The van der Waals surface area contributed by atoms with E-state index in [1.54, 1.807) is 0 Å². The number of nitrogens with one attached hydrogen (secondary N) is 1. The number of nitrogens with zero attached hydrogens (tertiary/aromatic N) is 4. The van der Waals surface area contributed by atoms with Gasteiger partial charge in [0.1, 0.15) is 10.4 Å². The molecule has 7 heteroatoms. The van der Waals surface area contributed by atoms with Gasteiger partial charge in [-0.05, 0) is 61.0 Å². The molecule has 3 heterocycles. The van der Waals surface area contributed by atoms with Gasteiger partial charge in [-0.2, -0.15) is 0 Å². The van der Waals surface area contributed by atoms with Gasteiger partial charge in [0.2, 0.25) is 0 Å². The third-order valence-electron chi connectivity index (χ3n) is 4.38. The van der Waals surface area contributed by atoms with Crippen LogP contribution in [0.15, 0.2) is 34.9 Å². The summed E-state index contributed by atoms with van der Waals surface area (Å²) in [5.41, 5.74) is 2.53. The van der Waals surface area contributed by atoms with Gasteiger partial charge in [-0.3, -0.25) is 0 Å². The molecule has 1 atom stereocenters. The van der Waals surface area contributed by atoms with E-state index in [1.165, 1.54) is 0 Å². The second kappa shape index (κ2) is 7.39. The van der Waals surface area contributed by atoms with E-state index in [0.717, 1.165) is 40.6 Å². The molecular weight excluding hydrogens is 382 g/mol. The van der Waals surface area contributed by atoms with Crippen LogP contribution < -0.4 is 10.2 Å². The van der Waals surface area contributed by atoms with Gasteiger partial charge in [-0.25, -0.2) is 14.8 Å². The molecule has 1 N–H and O–H groups in total. The molecule has 1 aliphatic heterocycles. The molecular formula is C18H22BrN5O. The highest BCUT2D eigenvalue weighted by Crippen LogP contribution is 2.20. The van der Waals surface area contributed by atoms with Crippen molar-refractivity contribution < 1.29 is 4.79 Å². The normalized spacial score (nSPS) is 17.5. The second-order valence-electron chi connectivity index (χ2n) is 6.32. The first-order chi connectivity index (χ1) is 11.9. The summed E-state index contributed by atoms with van der Waals surface area (Å²) in [5.74, 6) is 0.972. The fourth-order valence-corrected chi connectivity index (χ4v) is 3.42. The second-order valence-corrected chi connectivity index (χ2v) is 7.14. The zero-order valence-electron chi connectivity index (χ0n) is 14.7. The number of halogens is 1. The van der Waals surface area contributed by atoms with Crippen LogP contribution in [0.25, 0.3) is 0 Å². The van der Waals surface area contributed by atoms with E-state index in [1.807, 2.05) is 49.1 Å². The molecule has 1 unspecified atom stereocenters. The fourth-order valence-electron chi connectivity index (χ4n) is 3.02. The van der Waals surface area contributed by atoms with Crippen molar-refractivity contribution in [2.45, 2.75) is 26.8 Å². The first kappa shape index (κ1) is 17.7. The van der Waals surface area contributed by atoms with Crippen LogP contribution >= 0.6 is 15.9 Å². The maximum atomic E-state index is 12.7. The van der Waals surface area contributed by atoms with Crippen molar-refractivity contribution in [2.24, 2.45) is 0 Å². The van der Waals surface area contributed by atoms with Crippen molar-refractivity contribution in [1.29, 1.82) is 0 Å². The fraction of sp³-hybridized carbons (Fsp3) is 0.389. The number of urea groups is 1. The van der Waals surface area contributed by atoms with E-state index >= 15 is 0 Å². The molecule has 0 spiro atoms. The Morgan fingerprint density at radius 1 is 1.20 bits per heavy atom. The third-order valence-corrected chi connectivity index (χ3v) is 4.82. The summed E-state index contributed by atoms with van der Waals surface area (Å²) >= 11 is 3.34. The van der Waals surface area contributed by atoms with Gasteiger partial charge in [-0.15, -0.1) is 0 Å². The van der Waals surface area contributed by atoms with Crippen LogP contribution in [0.4, 0.5) is 16.3 Å². The van der Waals surface area contributed by atoms with Gasteiger partial charge in [0.25, 0.3) is 0 Å². The van der Waals surface area contributed by atoms with Crippen molar-refractivity contribution in [1.82, 2.24) is 14.9 Å². The number of anilines is 2. The van der Waals surface area contributed by atoms with Gasteiger partial charge in [-0.1, -0.05) is 6.07 Å². The predicted molar refractivity (Wildman–Crippen MR) is 103 cm³/mol. The number of carbonyl (C=O) groups is 1. The Morgan fingerprint density at radius 3 is 2.68 bits per heavy atom. The number of rotatable bonds is 2. The lowest BCUT2D eigenvalue weighted by Gasteiger charge is -2.40. The number of piperazine rings is 1. The molecule has 1 fully saturated rings. The topological polar surface area (TPSA) is 61.4 Å². The first-order valence-electron chi connectivity index (χ1n) is 8.33. The predicted octanol–water partition coefficient (Wildman–Crippen LogP) is 3.60. The van der Waals surface area contributed by atoms with Crippen LogP contribution in [0, 0.1) is 13.8 Å². The smallest absolute Gasteiger partial charge is 0.322 e. The SMILES string of the molecule is Cc1cccc(N2CCN(C(=O)Nc3ccc(Br)nc3C)C(C)C2)n1. The summed E-state index contributed by atoms with van der Waals surface area (Å²) in [7, 11) is 0. The van der Waals surface area contributed by atoms with Gasteiger partial charge in [0.05, 0.1) is 11.4 Å². The lowest BCUT2D eigenvalue weighted by molar-refractivity contribution is 0.184. The number of aryl methyl sites for hydroxylation is 2. The highest BCUT2D eigenvalue weighted by Gasteiger charge is 2.28. The number of hydrogen-bond donors (Lipinski definition) is 1. The van der Waals surface area contributed by atoms with Gasteiger partial charge >= 0.3 is 6.03 Å². The number of carbonyl (C=O) groups excluding carboxylic acids is 1. The van der Waals surface area contributed by atoms with Crippen LogP contribution in [0.1, 0.15) is 18.3 Å². The summed E-state index contributed by atoms with van der Waals surface area (Å²) in [6.07, 6.45) is 0. The molecule has 132 valence electrons. The lowest BCUT2D eigenvalue weighted by Crippen LogP contribution is -2.55. The minimum absolute atomic E-state index is 0.0865. The maximum Gasteiger partial charge on any atom is 0.322 e. The molecule has 0 aliphatic carbocycles. The average Bonchev–Trinajstić information content (AvgIpc) is 2.57. The largest absolute Gasteiger partial charge is 0.353 e. The molecule has 2 amide bonds. The van der Waals surface area contributed by atoms with Crippen molar-refractivity contribution >= 4 is 33.5 Å². The Bertz CT molecular complexity index is 782. The summed E-state index contributed by atoms with van der Waals surface area (Å²) < 4.78 is 0.760. The number of aromatic nitrogens is 2. The van der Waals surface area contributed by atoms with Crippen molar-refractivity contribution in [2.75, 3.05) is 29.9 Å². The first-order valence-corrected chi connectivity index (χ1v) is 9.12. The summed E-state index contributed by atoms with van der Waals surface area (Å²) in [6, 6.07) is 9.73. The Morgan fingerprint density at radius 2 is 2.00 bits per heavy atom. The maximum absolute atomic E-state index is 12.7. The van der Waals surface area contributed by atoms with E-state index in [4.69, 9.17) is 0 Å². The van der Waals surface area contributed by atoms with E-state index in [9.17, 15) is 4.79 Å². The van der Waals surface area contributed by atoms with Gasteiger partial charge < -0.3 is 15.1 Å². The Hall–Kier alpha value is -2.15. The molecule has 25 heavy (non-hydrogen) atoms. The van der Waals surface area contributed by atoms with E-state index in [2.05, 4.69) is 43.0 Å². The third kappa shape index (κ3) is 4.10. The quantitative estimate of drug-likeness (QED) is 0.778. The lowest BCUT2D eigenvalue weighted by atomic mass is 10.2. The highest BCUT2D eigenvalue weighted by atomic mass is 79.9. The average molecular weight is 404 g/mol. The molecule has 1 saturated heterocycles. The Kier molecular flexibility index (Phi) is 5.22. The molecule has 2 aromatic heterocycles. The Labute approximate surface area is 156 Å². The van der Waals surface area contributed by atoms with Gasteiger partial charge in [0, 0.05) is 31.4 Å². The summed E-state index contributed by atoms with van der Waals surface area (Å²) in [4.78, 5) is 25.7. The van der Waals surface area contributed by atoms with Crippen LogP contribution in [0.3, 0.4) is 0 Å². The molecule has 0 radical (unpaired) electrons. The number of amides is 2. The van der Waals surface area contributed by atoms with E-state index in [0.29, 0.717) is 6.54 Å². The monoisotopic (exact) mass is 403 g/mol. The molecule has 0 saturated carbocycles. The van der Waals surface area contributed by atoms with Crippen LogP contribution in [-0.2, 0) is 0 Å². The molecule has 1 aliphatic rings. The van der Waals surface area contributed by atoms with Crippen molar-refractivity contribution in [3.63, 3.8) is 0 Å². The van der Waals surface area contributed by atoms with Crippen molar-refractivity contribution in [3.8, 4) is 0 Å². The molecule has 3 rings (SSSR count). The number of pyridine rings is 2.